The third-order valence-electron chi connectivity index (χ3n) is 3.78. The van der Waals surface area contributed by atoms with Gasteiger partial charge in [0.15, 0.2) is 0 Å². The smallest absolute Gasteiger partial charge is 0.338 e. The molecule has 21 heavy (non-hydrogen) atoms. The number of likely N-dealkylation sites (tertiary alicyclic amines) is 1. The van der Waals surface area contributed by atoms with Gasteiger partial charge >= 0.3 is 6.18 Å². The number of carbonyl (C=O) groups is 1. The first kappa shape index (κ1) is 16.3. The number of hydrogen-bond acceptors (Lipinski definition) is 2. The van der Waals surface area contributed by atoms with E-state index in [1.807, 2.05) is 6.92 Å². The Labute approximate surface area is 129 Å². The van der Waals surface area contributed by atoms with Gasteiger partial charge in [-0.05, 0) is 53.4 Å². The van der Waals surface area contributed by atoms with Crippen LogP contribution in [0.2, 0.25) is 0 Å². The van der Waals surface area contributed by atoms with Crippen molar-refractivity contribution in [3.05, 3.63) is 33.8 Å². The highest BCUT2D eigenvalue weighted by molar-refractivity contribution is 9.10. The molecule has 1 fully saturated rings. The van der Waals surface area contributed by atoms with E-state index in [4.69, 9.17) is 5.73 Å². The summed E-state index contributed by atoms with van der Waals surface area (Å²) in [7, 11) is 0. The lowest BCUT2D eigenvalue weighted by Crippen LogP contribution is -2.33. The van der Waals surface area contributed by atoms with Crippen molar-refractivity contribution in [1.82, 2.24) is 4.90 Å². The quantitative estimate of drug-likeness (QED) is 0.875. The van der Waals surface area contributed by atoms with Crippen LogP contribution in [0.15, 0.2) is 22.7 Å². The first-order chi connectivity index (χ1) is 9.70. The van der Waals surface area contributed by atoms with E-state index in [0.29, 0.717) is 17.6 Å². The van der Waals surface area contributed by atoms with E-state index in [0.717, 1.165) is 18.6 Å². The number of benzene rings is 1. The molecule has 0 radical (unpaired) electrons. The molecular weight excluding hydrogens is 349 g/mol. The summed E-state index contributed by atoms with van der Waals surface area (Å²) in [5.74, 6) is -0.199. The van der Waals surface area contributed by atoms with Crippen molar-refractivity contribution in [1.29, 1.82) is 0 Å². The summed E-state index contributed by atoms with van der Waals surface area (Å²) in [4.78, 5) is 14.0. The zero-order chi connectivity index (χ0) is 15.8. The van der Waals surface area contributed by atoms with Gasteiger partial charge < -0.3 is 10.6 Å². The van der Waals surface area contributed by atoms with Crippen molar-refractivity contribution in [2.24, 2.45) is 11.7 Å². The average Bonchev–Trinajstić information content (AvgIpc) is 2.86. The summed E-state index contributed by atoms with van der Waals surface area (Å²) in [5.41, 5.74) is 5.03. The average molecular weight is 365 g/mol. The minimum Gasteiger partial charge on any atom is -0.338 e. The van der Waals surface area contributed by atoms with Gasteiger partial charge in [0.25, 0.3) is 5.91 Å². The van der Waals surface area contributed by atoms with E-state index in [9.17, 15) is 18.0 Å². The van der Waals surface area contributed by atoms with Gasteiger partial charge in [-0.2, -0.15) is 13.2 Å². The molecule has 1 aliphatic rings. The molecule has 2 atom stereocenters. The molecule has 2 N–H and O–H groups in total. The van der Waals surface area contributed by atoms with Gasteiger partial charge in [0.05, 0.1) is 11.1 Å². The van der Waals surface area contributed by atoms with Gasteiger partial charge in [-0.15, -0.1) is 0 Å². The third-order valence-corrected chi connectivity index (χ3v) is 4.47. The molecule has 0 aliphatic carbocycles. The maximum atomic E-state index is 12.8. The van der Waals surface area contributed by atoms with Gasteiger partial charge in [-0.25, -0.2) is 0 Å². The maximum Gasteiger partial charge on any atom is 0.416 e. The van der Waals surface area contributed by atoms with Crippen molar-refractivity contribution in [2.75, 3.05) is 13.1 Å². The highest BCUT2D eigenvalue weighted by Gasteiger charge is 2.34. The molecule has 0 spiro atoms. The molecule has 0 aromatic heterocycles. The van der Waals surface area contributed by atoms with Crippen LogP contribution in [0.3, 0.4) is 0 Å². The Bertz CT molecular complexity index is 546. The van der Waals surface area contributed by atoms with E-state index in [2.05, 4.69) is 15.9 Å². The number of amides is 1. The van der Waals surface area contributed by atoms with Crippen LogP contribution in [0.4, 0.5) is 13.2 Å². The number of hydrogen-bond donors (Lipinski definition) is 1. The standard InChI is InChI=1S/C14H16BrF3N2O/c1-8(19)9-4-5-20(7-9)13(21)11-6-10(14(16,17)18)2-3-12(11)15/h2-3,6,8-9H,4-5,7,19H2,1H3. The van der Waals surface area contributed by atoms with Crippen LogP contribution in [0.25, 0.3) is 0 Å². The molecule has 7 heteroatoms. The number of nitrogens with two attached hydrogens (primary N) is 1. The van der Waals surface area contributed by atoms with Gasteiger partial charge in [-0.1, -0.05) is 0 Å². The molecule has 1 amide bonds. The highest BCUT2D eigenvalue weighted by atomic mass is 79.9. The molecule has 0 bridgehead atoms. The second-order valence-electron chi connectivity index (χ2n) is 5.35. The van der Waals surface area contributed by atoms with Crippen LogP contribution in [-0.2, 0) is 6.18 Å². The van der Waals surface area contributed by atoms with Gasteiger partial charge in [0.2, 0.25) is 0 Å². The van der Waals surface area contributed by atoms with E-state index in [1.165, 1.54) is 6.07 Å². The van der Waals surface area contributed by atoms with Crippen molar-refractivity contribution in [3.8, 4) is 0 Å². The lowest BCUT2D eigenvalue weighted by Gasteiger charge is -2.19. The molecule has 3 nitrogen and oxygen atoms in total. The van der Waals surface area contributed by atoms with Gasteiger partial charge in [0.1, 0.15) is 0 Å². The highest BCUT2D eigenvalue weighted by Crippen LogP contribution is 2.33. The minimum absolute atomic E-state index is 0.0345. The van der Waals surface area contributed by atoms with Crippen LogP contribution in [0.5, 0.6) is 0 Å². The minimum atomic E-state index is -4.46. The zero-order valence-corrected chi connectivity index (χ0v) is 13.0. The van der Waals surface area contributed by atoms with E-state index in [1.54, 1.807) is 4.90 Å². The number of halogens is 4. The molecular formula is C14H16BrF3N2O. The Morgan fingerprint density at radius 2 is 2.14 bits per heavy atom. The fraction of sp³-hybridized carbons (Fsp3) is 0.500. The van der Waals surface area contributed by atoms with E-state index >= 15 is 0 Å². The lowest BCUT2D eigenvalue weighted by molar-refractivity contribution is -0.137. The largest absolute Gasteiger partial charge is 0.416 e. The maximum absolute atomic E-state index is 12.8. The van der Waals surface area contributed by atoms with Crippen LogP contribution >= 0.6 is 15.9 Å². The van der Waals surface area contributed by atoms with Crippen molar-refractivity contribution < 1.29 is 18.0 Å². The van der Waals surface area contributed by atoms with E-state index in [-0.39, 0.29) is 17.5 Å². The fourth-order valence-electron chi connectivity index (χ4n) is 2.44. The summed E-state index contributed by atoms with van der Waals surface area (Å²) in [5, 5.41) is 0. The summed E-state index contributed by atoms with van der Waals surface area (Å²) >= 11 is 3.15. The Kier molecular flexibility index (Phi) is 4.63. The molecule has 1 aromatic rings. The first-order valence-electron chi connectivity index (χ1n) is 6.61. The monoisotopic (exact) mass is 364 g/mol. The molecule has 1 aromatic carbocycles. The summed E-state index contributed by atoms with van der Waals surface area (Å²) in [6.07, 6.45) is -3.69. The summed E-state index contributed by atoms with van der Waals surface area (Å²) in [6.45, 7) is 2.88. The fourth-order valence-corrected chi connectivity index (χ4v) is 2.85. The predicted octanol–water partition coefficient (Wildman–Crippen LogP) is 3.28. The normalized spacial score (nSPS) is 20.7. The molecule has 2 unspecified atom stereocenters. The van der Waals surface area contributed by atoms with E-state index < -0.39 is 17.6 Å². The van der Waals surface area contributed by atoms with Crippen LogP contribution < -0.4 is 5.73 Å². The second-order valence-corrected chi connectivity index (χ2v) is 6.21. The Hall–Kier alpha value is -1.08. The van der Waals surface area contributed by atoms with Crippen LogP contribution in [-0.4, -0.2) is 29.9 Å². The zero-order valence-electron chi connectivity index (χ0n) is 11.5. The summed E-state index contributed by atoms with van der Waals surface area (Å²) in [6, 6.07) is 3.07. The lowest BCUT2D eigenvalue weighted by atomic mass is 10.0. The molecule has 0 saturated carbocycles. The predicted molar refractivity (Wildman–Crippen MR) is 76.8 cm³/mol. The molecule has 1 heterocycles. The van der Waals surface area contributed by atoms with Gasteiger partial charge in [-0.3, -0.25) is 4.79 Å². The Morgan fingerprint density at radius 1 is 1.48 bits per heavy atom. The van der Waals surface area contributed by atoms with Crippen molar-refractivity contribution >= 4 is 21.8 Å². The van der Waals surface area contributed by atoms with Crippen LogP contribution in [0.1, 0.15) is 29.3 Å². The third kappa shape index (κ3) is 3.58. The Balaban J connectivity index is 2.24. The molecule has 1 saturated heterocycles. The Morgan fingerprint density at radius 3 is 2.67 bits per heavy atom. The number of alkyl halides is 3. The molecule has 2 rings (SSSR count). The number of rotatable bonds is 2. The number of nitrogens with zero attached hydrogens (tertiary/aromatic N) is 1. The van der Waals surface area contributed by atoms with Crippen molar-refractivity contribution in [3.63, 3.8) is 0 Å². The van der Waals surface area contributed by atoms with Crippen molar-refractivity contribution in [2.45, 2.75) is 25.6 Å². The van der Waals surface area contributed by atoms with Crippen LogP contribution in [0, 0.1) is 5.92 Å². The topological polar surface area (TPSA) is 46.3 Å². The SMILES string of the molecule is CC(N)C1CCN(C(=O)c2cc(C(F)(F)F)ccc2Br)C1. The molecule has 116 valence electrons. The second kappa shape index (κ2) is 5.96. The number of carbonyl (C=O) groups excluding carboxylic acids is 1. The van der Waals surface area contributed by atoms with Gasteiger partial charge in [0, 0.05) is 23.6 Å². The molecule has 1 aliphatic heterocycles. The first-order valence-corrected chi connectivity index (χ1v) is 7.41. The summed E-state index contributed by atoms with van der Waals surface area (Å²) < 4.78 is 38.6.